The molecule has 7 nitrogen and oxygen atoms in total. The van der Waals surface area contributed by atoms with Crippen molar-refractivity contribution in [3.63, 3.8) is 0 Å². The predicted molar refractivity (Wildman–Crippen MR) is 143 cm³/mol. The van der Waals surface area contributed by atoms with Gasteiger partial charge in [0.1, 0.15) is 22.7 Å². The summed E-state index contributed by atoms with van der Waals surface area (Å²) in [4.78, 5) is 24.9. The lowest BCUT2D eigenvalue weighted by Gasteiger charge is -2.30. The largest absolute Gasteiger partial charge is 0.457 e. The minimum atomic E-state index is -0.546. The maximum absolute atomic E-state index is 12.5. The summed E-state index contributed by atoms with van der Waals surface area (Å²) in [5.74, 6) is 1.62. The molecule has 7 heteroatoms. The third kappa shape index (κ3) is 6.96. The molecule has 4 rings (SSSR count). The topological polar surface area (TPSA) is 85.9 Å². The van der Waals surface area contributed by atoms with Crippen LogP contribution in [-0.2, 0) is 22.3 Å². The van der Waals surface area contributed by atoms with Crippen LogP contribution in [0.2, 0.25) is 0 Å². The lowest BCUT2D eigenvalue weighted by Crippen LogP contribution is -2.36. The highest BCUT2D eigenvalue weighted by Gasteiger charge is 2.29. The zero-order valence-corrected chi connectivity index (χ0v) is 22.9. The number of hydrogen-bond donors (Lipinski definition) is 2. The van der Waals surface area contributed by atoms with Crippen molar-refractivity contribution < 1.29 is 23.8 Å². The highest BCUT2D eigenvalue weighted by molar-refractivity contribution is 5.69. The molecule has 0 heterocycles. The Morgan fingerprint density at radius 1 is 0.703 bits per heavy atom. The molecule has 0 spiro atoms. The summed E-state index contributed by atoms with van der Waals surface area (Å²) in [6.45, 7) is 11.2. The van der Waals surface area contributed by atoms with Crippen LogP contribution in [0.4, 0.5) is 9.59 Å². The van der Waals surface area contributed by atoms with Crippen LogP contribution in [0.15, 0.2) is 36.4 Å². The first-order chi connectivity index (χ1) is 17.4. The van der Waals surface area contributed by atoms with Crippen LogP contribution in [-0.4, -0.2) is 23.4 Å². The van der Waals surface area contributed by atoms with Gasteiger partial charge in [-0.2, -0.15) is 0 Å². The molecule has 0 aromatic heterocycles. The number of carbonyl (C=O) groups is 2. The molecule has 0 radical (unpaired) electrons. The summed E-state index contributed by atoms with van der Waals surface area (Å²) in [5.41, 5.74) is 3.29. The van der Waals surface area contributed by atoms with Gasteiger partial charge >= 0.3 is 12.2 Å². The zero-order chi connectivity index (χ0) is 26.8. The number of amides is 2. The first-order valence-corrected chi connectivity index (χ1v) is 13.3. The zero-order valence-electron chi connectivity index (χ0n) is 22.9. The Morgan fingerprint density at radius 2 is 1.11 bits per heavy atom. The maximum atomic E-state index is 12.5. The van der Waals surface area contributed by atoms with Crippen LogP contribution in [0.5, 0.6) is 11.5 Å². The summed E-state index contributed by atoms with van der Waals surface area (Å²) in [7, 11) is 0. The summed E-state index contributed by atoms with van der Waals surface area (Å²) >= 11 is 0. The smallest absolute Gasteiger partial charge is 0.408 e. The highest BCUT2D eigenvalue weighted by atomic mass is 16.6. The molecule has 2 aromatic rings. The van der Waals surface area contributed by atoms with Gasteiger partial charge < -0.3 is 24.8 Å². The predicted octanol–water partition coefficient (Wildman–Crippen LogP) is 7.28. The van der Waals surface area contributed by atoms with E-state index in [1.165, 1.54) is 0 Å². The lowest BCUT2D eigenvalue weighted by molar-refractivity contribution is 0.0487. The van der Waals surface area contributed by atoms with Crippen molar-refractivity contribution in [3.8, 4) is 11.5 Å². The van der Waals surface area contributed by atoms with E-state index < -0.39 is 23.4 Å². The van der Waals surface area contributed by atoms with Crippen molar-refractivity contribution in [2.45, 2.75) is 103 Å². The first-order valence-electron chi connectivity index (χ1n) is 13.3. The molecule has 2 amide bonds. The van der Waals surface area contributed by atoms with Crippen LogP contribution in [0, 0.1) is 0 Å². The van der Waals surface area contributed by atoms with Gasteiger partial charge in [0.2, 0.25) is 0 Å². The van der Waals surface area contributed by atoms with E-state index in [2.05, 4.69) is 22.8 Å². The van der Waals surface area contributed by atoms with E-state index in [1.807, 2.05) is 65.8 Å². The van der Waals surface area contributed by atoms with E-state index in [0.717, 1.165) is 72.3 Å². The molecule has 37 heavy (non-hydrogen) atoms. The van der Waals surface area contributed by atoms with Crippen LogP contribution in [0.1, 0.15) is 102 Å². The number of nitrogens with one attached hydrogen (secondary N) is 2. The minimum absolute atomic E-state index is 0.116. The lowest BCUT2D eigenvalue weighted by atomic mass is 9.86. The molecule has 2 aliphatic carbocycles. The fourth-order valence-corrected chi connectivity index (χ4v) is 5.14. The molecule has 200 valence electrons. The van der Waals surface area contributed by atoms with Gasteiger partial charge in [-0.15, -0.1) is 0 Å². The van der Waals surface area contributed by atoms with Gasteiger partial charge in [0, 0.05) is 11.1 Å². The number of ether oxygens (including phenoxy) is 3. The van der Waals surface area contributed by atoms with Crippen molar-refractivity contribution >= 4 is 12.2 Å². The minimum Gasteiger partial charge on any atom is -0.457 e. The Hall–Kier alpha value is -3.22. The number of fused-ring (bicyclic) bond motifs is 2. The molecule has 0 aliphatic heterocycles. The van der Waals surface area contributed by atoms with E-state index in [9.17, 15) is 9.59 Å². The Bertz CT molecular complexity index is 1060. The monoisotopic (exact) mass is 508 g/mol. The molecule has 2 aromatic carbocycles. The summed E-state index contributed by atoms with van der Waals surface area (Å²) in [6, 6.07) is 11.8. The van der Waals surface area contributed by atoms with Crippen LogP contribution in [0.3, 0.4) is 0 Å². The van der Waals surface area contributed by atoms with Crippen LogP contribution < -0.4 is 15.4 Å². The fraction of sp³-hybridized carbons (Fsp3) is 0.533. The average molecular weight is 509 g/mol. The van der Waals surface area contributed by atoms with Crippen molar-refractivity contribution in [3.05, 3.63) is 58.7 Å². The quantitative estimate of drug-likeness (QED) is 0.453. The van der Waals surface area contributed by atoms with E-state index in [1.54, 1.807) is 0 Å². The van der Waals surface area contributed by atoms with Crippen molar-refractivity contribution in [2.75, 3.05) is 0 Å². The number of hydrogen-bond acceptors (Lipinski definition) is 5. The molecule has 2 N–H and O–H groups in total. The van der Waals surface area contributed by atoms with Gasteiger partial charge in [-0.3, -0.25) is 0 Å². The van der Waals surface area contributed by atoms with Gasteiger partial charge in [-0.25, -0.2) is 9.59 Å². The van der Waals surface area contributed by atoms with E-state index >= 15 is 0 Å². The summed E-state index contributed by atoms with van der Waals surface area (Å²) in [6.07, 6.45) is 4.56. The van der Waals surface area contributed by atoms with Gasteiger partial charge in [-0.1, -0.05) is 24.3 Å². The normalized spacial score (nSPS) is 19.2. The van der Waals surface area contributed by atoms with Gasteiger partial charge in [-0.05, 0) is 103 Å². The fourth-order valence-electron chi connectivity index (χ4n) is 5.14. The molecular weight excluding hydrogens is 468 g/mol. The number of benzene rings is 2. The number of carbonyl (C=O) groups excluding carboxylic acids is 2. The van der Waals surface area contributed by atoms with E-state index in [-0.39, 0.29) is 12.1 Å². The second kappa shape index (κ2) is 10.6. The van der Waals surface area contributed by atoms with Crippen molar-refractivity contribution in [1.82, 2.24) is 10.6 Å². The van der Waals surface area contributed by atoms with Crippen LogP contribution in [0.25, 0.3) is 0 Å². The third-order valence-electron chi connectivity index (χ3n) is 6.53. The average Bonchev–Trinajstić information content (AvgIpc) is 2.78. The van der Waals surface area contributed by atoms with Crippen molar-refractivity contribution in [2.24, 2.45) is 0 Å². The molecule has 2 aliphatic rings. The van der Waals surface area contributed by atoms with Gasteiger partial charge in [0.25, 0.3) is 0 Å². The molecule has 0 unspecified atom stereocenters. The number of alkyl carbamates (subject to hydrolysis) is 2. The molecular formula is C30H40N2O5. The van der Waals surface area contributed by atoms with Crippen LogP contribution >= 0.6 is 0 Å². The number of rotatable bonds is 4. The Balaban J connectivity index is 1.55. The van der Waals surface area contributed by atoms with E-state index in [0.29, 0.717) is 0 Å². The van der Waals surface area contributed by atoms with Crippen molar-refractivity contribution in [1.29, 1.82) is 0 Å². The third-order valence-corrected chi connectivity index (χ3v) is 6.53. The molecule has 0 fully saturated rings. The van der Waals surface area contributed by atoms with Gasteiger partial charge in [0.15, 0.2) is 0 Å². The maximum Gasteiger partial charge on any atom is 0.408 e. The van der Waals surface area contributed by atoms with E-state index in [4.69, 9.17) is 14.2 Å². The molecule has 0 bridgehead atoms. The molecule has 0 saturated carbocycles. The first kappa shape index (κ1) is 26.8. The summed E-state index contributed by atoms with van der Waals surface area (Å²) in [5, 5.41) is 6.09. The Labute approximate surface area is 220 Å². The second-order valence-electron chi connectivity index (χ2n) is 11.9. The Morgan fingerprint density at radius 3 is 1.49 bits per heavy atom. The Kier molecular flexibility index (Phi) is 7.72. The highest BCUT2D eigenvalue weighted by Crippen LogP contribution is 2.41. The molecule has 0 saturated heterocycles. The second-order valence-corrected chi connectivity index (χ2v) is 11.9. The SMILES string of the molecule is CC(C)(C)OC(=O)N[C@@H]1CCCc2c(Oc3cccc4c3CCC[C@H]4NC(=O)OC(C)(C)C)cccc21. The summed E-state index contributed by atoms with van der Waals surface area (Å²) < 4.78 is 17.5. The van der Waals surface area contributed by atoms with Gasteiger partial charge in [0.05, 0.1) is 12.1 Å². The molecule has 2 atom stereocenters. The standard InChI is InChI=1S/C30H40N2O5/c1-29(2,3)36-27(33)31-23-15-7-13-21-19(23)11-9-17-25(21)35-26-18-10-12-20-22(26)14-8-16-24(20)32-28(34)37-30(4,5)6/h9-12,17-18,23-24H,7-8,13-16H2,1-6H3,(H,31,33)(H,32,34)/t23-,24-/m1/s1.